The maximum Gasteiger partial charge on any atom is 0.263 e. The molecule has 3 N–H and O–H groups in total. The molecule has 1 heterocycles. The third-order valence-corrected chi connectivity index (χ3v) is 3.54. The summed E-state index contributed by atoms with van der Waals surface area (Å²) in [6.45, 7) is 3.69. The molecule has 0 radical (unpaired) electrons. The van der Waals surface area contributed by atoms with E-state index >= 15 is 0 Å². The topological polar surface area (TPSA) is 92.7 Å². The van der Waals surface area contributed by atoms with Crippen LogP contribution in [-0.4, -0.2) is 42.4 Å². The SMILES string of the molecule is COc1cccc(OC)c1C(=O)Nc1ccc(NC(C)(C)CO)nc1. The predicted octanol–water partition coefficient (Wildman–Crippen LogP) is 2.53. The Balaban J connectivity index is 2.16. The average Bonchev–Trinajstić information content (AvgIpc) is 2.62. The maximum absolute atomic E-state index is 12.6. The summed E-state index contributed by atoms with van der Waals surface area (Å²) in [7, 11) is 2.99. The number of aliphatic hydroxyl groups excluding tert-OH is 1. The normalized spacial score (nSPS) is 10.9. The van der Waals surface area contributed by atoms with Crippen molar-refractivity contribution >= 4 is 17.4 Å². The molecule has 7 nitrogen and oxygen atoms in total. The lowest BCUT2D eigenvalue weighted by molar-refractivity contribution is 0.102. The molecule has 0 atom stereocenters. The number of anilines is 2. The highest BCUT2D eigenvalue weighted by Crippen LogP contribution is 2.29. The molecule has 7 heteroatoms. The first kappa shape index (κ1) is 18.5. The molecule has 0 saturated heterocycles. The molecule has 0 spiro atoms. The number of carbonyl (C=O) groups is 1. The smallest absolute Gasteiger partial charge is 0.263 e. The molecule has 1 amide bonds. The number of benzene rings is 1. The lowest BCUT2D eigenvalue weighted by atomic mass is 10.1. The van der Waals surface area contributed by atoms with E-state index in [9.17, 15) is 9.90 Å². The molecule has 0 aliphatic rings. The van der Waals surface area contributed by atoms with Crippen LogP contribution in [0.25, 0.3) is 0 Å². The fourth-order valence-electron chi connectivity index (χ4n) is 2.20. The Bertz CT molecular complexity index is 707. The molecule has 0 unspecified atom stereocenters. The van der Waals surface area contributed by atoms with Crippen LogP contribution in [0.4, 0.5) is 11.5 Å². The zero-order valence-corrected chi connectivity index (χ0v) is 14.8. The molecule has 25 heavy (non-hydrogen) atoms. The molecule has 134 valence electrons. The van der Waals surface area contributed by atoms with E-state index < -0.39 is 5.54 Å². The molecule has 2 rings (SSSR count). The molecular weight excluding hydrogens is 322 g/mol. The van der Waals surface area contributed by atoms with Crippen LogP contribution in [0.5, 0.6) is 11.5 Å². The molecule has 0 fully saturated rings. The van der Waals surface area contributed by atoms with Crippen molar-refractivity contribution in [3.05, 3.63) is 42.1 Å². The molecule has 2 aromatic rings. The lowest BCUT2D eigenvalue weighted by Gasteiger charge is -2.24. The van der Waals surface area contributed by atoms with Crippen molar-refractivity contribution in [3.8, 4) is 11.5 Å². The quantitative estimate of drug-likeness (QED) is 0.714. The summed E-state index contributed by atoms with van der Waals surface area (Å²) in [5.74, 6) is 1.10. The highest BCUT2D eigenvalue weighted by molar-refractivity contribution is 6.08. The standard InChI is InChI=1S/C18H23N3O4/c1-18(2,11-22)21-15-9-8-12(10-19-15)20-17(23)16-13(24-3)6-5-7-14(16)25-4/h5-10,22H,11H2,1-4H3,(H,19,21)(H,20,23). The highest BCUT2D eigenvalue weighted by Gasteiger charge is 2.19. The van der Waals surface area contributed by atoms with Gasteiger partial charge in [-0.15, -0.1) is 0 Å². The van der Waals surface area contributed by atoms with E-state index in [0.29, 0.717) is 28.6 Å². The van der Waals surface area contributed by atoms with Gasteiger partial charge in [-0.2, -0.15) is 0 Å². The first-order chi connectivity index (χ1) is 11.9. The zero-order chi connectivity index (χ0) is 18.4. The number of nitrogens with zero attached hydrogens (tertiary/aromatic N) is 1. The van der Waals surface area contributed by atoms with Crippen molar-refractivity contribution in [2.45, 2.75) is 19.4 Å². The zero-order valence-electron chi connectivity index (χ0n) is 14.8. The van der Waals surface area contributed by atoms with Crippen LogP contribution in [0.1, 0.15) is 24.2 Å². The van der Waals surface area contributed by atoms with Gasteiger partial charge < -0.3 is 25.2 Å². The number of rotatable bonds is 7. The molecule has 1 aromatic carbocycles. The third kappa shape index (κ3) is 4.60. The van der Waals surface area contributed by atoms with Crippen molar-refractivity contribution in [1.29, 1.82) is 0 Å². The molecule has 1 aromatic heterocycles. The van der Waals surface area contributed by atoms with Crippen LogP contribution in [0, 0.1) is 0 Å². The van der Waals surface area contributed by atoms with Crippen LogP contribution in [0.3, 0.4) is 0 Å². The minimum absolute atomic E-state index is 0.0270. The van der Waals surface area contributed by atoms with Gasteiger partial charge in [0.2, 0.25) is 0 Å². The molecule has 0 aliphatic carbocycles. The number of nitrogens with one attached hydrogen (secondary N) is 2. The molecule has 0 saturated carbocycles. The van der Waals surface area contributed by atoms with E-state index in [1.54, 1.807) is 30.3 Å². The second kappa shape index (κ2) is 7.85. The number of hydrogen-bond acceptors (Lipinski definition) is 6. The summed E-state index contributed by atoms with van der Waals surface area (Å²) in [5.41, 5.74) is 0.365. The summed E-state index contributed by atoms with van der Waals surface area (Å²) in [5, 5.41) is 15.2. The van der Waals surface area contributed by atoms with Gasteiger partial charge >= 0.3 is 0 Å². The van der Waals surface area contributed by atoms with Crippen LogP contribution < -0.4 is 20.1 Å². The minimum atomic E-state index is -0.484. The Morgan fingerprint density at radius 2 is 1.80 bits per heavy atom. The van der Waals surface area contributed by atoms with E-state index in [-0.39, 0.29) is 12.5 Å². The Morgan fingerprint density at radius 3 is 2.28 bits per heavy atom. The van der Waals surface area contributed by atoms with Crippen molar-refractivity contribution in [3.63, 3.8) is 0 Å². The number of aromatic nitrogens is 1. The number of amides is 1. The van der Waals surface area contributed by atoms with Gasteiger partial charge in [0.25, 0.3) is 5.91 Å². The fourth-order valence-corrected chi connectivity index (χ4v) is 2.20. The Labute approximate surface area is 147 Å². The molecule has 0 bridgehead atoms. The van der Waals surface area contributed by atoms with E-state index in [4.69, 9.17) is 9.47 Å². The number of methoxy groups -OCH3 is 2. The Morgan fingerprint density at radius 1 is 1.16 bits per heavy atom. The lowest BCUT2D eigenvalue weighted by Crippen LogP contribution is -2.35. The number of aliphatic hydroxyl groups is 1. The molecular formula is C18H23N3O4. The second-order valence-electron chi connectivity index (χ2n) is 6.09. The van der Waals surface area contributed by atoms with Gasteiger partial charge in [0.05, 0.1) is 38.2 Å². The Kier molecular flexibility index (Phi) is 5.82. The molecule has 0 aliphatic heterocycles. The predicted molar refractivity (Wildman–Crippen MR) is 96.5 cm³/mol. The van der Waals surface area contributed by atoms with Crippen LogP contribution in [-0.2, 0) is 0 Å². The van der Waals surface area contributed by atoms with Gasteiger partial charge in [-0.05, 0) is 38.1 Å². The van der Waals surface area contributed by atoms with Crippen LogP contribution >= 0.6 is 0 Å². The number of pyridine rings is 1. The van der Waals surface area contributed by atoms with Gasteiger partial charge in [0, 0.05) is 0 Å². The fraction of sp³-hybridized carbons (Fsp3) is 0.333. The van der Waals surface area contributed by atoms with Gasteiger partial charge in [-0.1, -0.05) is 6.07 Å². The van der Waals surface area contributed by atoms with Crippen molar-refractivity contribution in [2.75, 3.05) is 31.5 Å². The van der Waals surface area contributed by atoms with Crippen LogP contribution in [0.2, 0.25) is 0 Å². The van der Waals surface area contributed by atoms with Gasteiger partial charge in [-0.25, -0.2) is 4.98 Å². The summed E-state index contributed by atoms with van der Waals surface area (Å²) < 4.78 is 10.5. The number of carbonyl (C=O) groups excluding carboxylic acids is 1. The van der Waals surface area contributed by atoms with Crippen molar-refractivity contribution in [2.24, 2.45) is 0 Å². The van der Waals surface area contributed by atoms with E-state index in [0.717, 1.165) is 0 Å². The monoisotopic (exact) mass is 345 g/mol. The largest absolute Gasteiger partial charge is 0.496 e. The van der Waals surface area contributed by atoms with Gasteiger partial charge in [-0.3, -0.25) is 4.79 Å². The van der Waals surface area contributed by atoms with Crippen LogP contribution in [0.15, 0.2) is 36.5 Å². The second-order valence-corrected chi connectivity index (χ2v) is 6.09. The third-order valence-electron chi connectivity index (χ3n) is 3.54. The van der Waals surface area contributed by atoms with Crippen molar-refractivity contribution < 1.29 is 19.4 Å². The summed E-state index contributed by atoms with van der Waals surface area (Å²) in [6, 6.07) is 8.59. The first-order valence-electron chi connectivity index (χ1n) is 7.77. The summed E-state index contributed by atoms with van der Waals surface area (Å²) in [4.78, 5) is 16.8. The highest BCUT2D eigenvalue weighted by atomic mass is 16.5. The van der Waals surface area contributed by atoms with E-state index in [2.05, 4.69) is 15.6 Å². The number of hydrogen-bond donors (Lipinski definition) is 3. The summed E-state index contributed by atoms with van der Waals surface area (Å²) in [6.07, 6.45) is 1.54. The van der Waals surface area contributed by atoms with E-state index in [1.807, 2.05) is 13.8 Å². The van der Waals surface area contributed by atoms with Gasteiger partial charge in [0.15, 0.2) is 0 Å². The first-order valence-corrected chi connectivity index (χ1v) is 7.77. The summed E-state index contributed by atoms with van der Waals surface area (Å²) >= 11 is 0. The van der Waals surface area contributed by atoms with Gasteiger partial charge in [0.1, 0.15) is 22.9 Å². The Hall–Kier alpha value is -2.80. The average molecular weight is 345 g/mol. The maximum atomic E-state index is 12.6. The van der Waals surface area contributed by atoms with Crippen molar-refractivity contribution in [1.82, 2.24) is 4.98 Å². The number of ether oxygens (including phenoxy) is 2. The van der Waals surface area contributed by atoms with E-state index in [1.165, 1.54) is 20.4 Å². The minimum Gasteiger partial charge on any atom is -0.496 e.